The molecule has 0 spiro atoms. The third-order valence-corrected chi connectivity index (χ3v) is 2.71. The van der Waals surface area contributed by atoms with Crippen molar-refractivity contribution in [3.05, 3.63) is 29.8 Å². The topological polar surface area (TPSA) is 79.6 Å². The third kappa shape index (κ3) is 4.80. The molecule has 0 fully saturated rings. The minimum absolute atomic E-state index is 0.297. The van der Waals surface area contributed by atoms with Gasteiger partial charge in [-0.05, 0) is 38.1 Å². The van der Waals surface area contributed by atoms with Crippen molar-refractivity contribution < 1.29 is 19.1 Å². The Bertz CT molecular complexity index is 546. The van der Waals surface area contributed by atoms with Gasteiger partial charge in [0.05, 0.1) is 11.6 Å². The van der Waals surface area contributed by atoms with Gasteiger partial charge < -0.3 is 14.4 Å². The monoisotopic (exact) mass is 290 g/mol. The Morgan fingerprint density at radius 1 is 1.14 bits per heavy atom. The number of likely N-dealkylation sites (N-methyl/N-ethyl adjacent to an activating group) is 1. The molecule has 6 nitrogen and oxygen atoms in total. The van der Waals surface area contributed by atoms with Gasteiger partial charge in [-0.2, -0.15) is 5.26 Å². The Labute approximate surface area is 123 Å². The molecule has 1 rings (SSSR count). The second-order valence-corrected chi connectivity index (χ2v) is 4.71. The number of ether oxygens (including phenoxy) is 2. The van der Waals surface area contributed by atoms with Crippen molar-refractivity contribution in [2.45, 2.75) is 26.1 Å². The molecule has 6 heteroatoms. The summed E-state index contributed by atoms with van der Waals surface area (Å²) in [7, 11) is 3.17. The van der Waals surface area contributed by atoms with Gasteiger partial charge in [0.1, 0.15) is 5.75 Å². The van der Waals surface area contributed by atoms with Crippen LogP contribution in [0, 0.1) is 11.3 Å². The van der Waals surface area contributed by atoms with Gasteiger partial charge in [-0.1, -0.05) is 0 Å². The Kier molecular flexibility index (Phi) is 5.73. The first-order valence-electron chi connectivity index (χ1n) is 6.43. The van der Waals surface area contributed by atoms with Crippen molar-refractivity contribution in [3.8, 4) is 11.8 Å². The zero-order valence-electron chi connectivity index (χ0n) is 12.5. The summed E-state index contributed by atoms with van der Waals surface area (Å²) in [5.41, 5.74) is 0.503. The largest absolute Gasteiger partial charge is 0.479 e. The molecule has 0 saturated carbocycles. The van der Waals surface area contributed by atoms with E-state index in [4.69, 9.17) is 14.7 Å². The summed E-state index contributed by atoms with van der Waals surface area (Å²) in [6.45, 7) is 3.04. The van der Waals surface area contributed by atoms with Crippen LogP contribution in [0.15, 0.2) is 24.3 Å². The zero-order valence-corrected chi connectivity index (χ0v) is 12.5. The average Bonchev–Trinajstić information content (AvgIpc) is 2.46. The Morgan fingerprint density at radius 2 is 1.71 bits per heavy atom. The number of amides is 1. The Balaban J connectivity index is 2.58. The fourth-order valence-electron chi connectivity index (χ4n) is 1.54. The summed E-state index contributed by atoms with van der Waals surface area (Å²) in [4.78, 5) is 24.8. The van der Waals surface area contributed by atoms with Gasteiger partial charge in [0.2, 0.25) is 0 Å². The van der Waals surface area contributed by atoms with Gasteiger partial charge in [0.15, 0.2) is 12.2 Å². The number of carbonyl (C=O) groups excluding carboxylic acids is 2. The molecule has 21 heavy (non-hydrogen) atoms. The summed E-state index contributed by atoms with van der Waals surface area (Å²) in [5, 5.41) is 8.69. The van der Waals surface area contributed by atoms with Crippen molar-refractivity contribution in [1.82, 2.24) is 4.90 Å². The molecule has 112 valence electrons. The van der Waals surface area contributed by atoms with E-state index in [1.165, 1.54) is 18.7 Å². The fraction of sp³-hybridized carbons (Fsp3) is 0.400. The first-order valence-corrected chi connectivity index (χ1v) is 6.43. The van der Waals surface area contributed by atoms with Crippen molar-refractivity contribution >= 4 is 11.9 Å². The van der Waals surface area contributed by atoms with Crippen molar-refractivity contribution in [1.29, 1.82) is 5.26 Å². The van der Waals surface area contributed by atoms with E-state index in [0.717, 1.165) is 0 Å². The highest BCUT2D eigenvalue weighted by atomic mass is 16.6. The first-order chi connectivity index (χ1) is 9.85. The number of rotatable bonds is 5. The SMILES string of the molecule is C[C@@H](Oc1ccc(C#N)cc1)C(=O)O[C@H](C)C(=O)N(C)C. The molecule has 1 amide bonds. The van der Waals surface area contributed by atoms with Crippen LogP contribution in [-0.2, 0) is 14.3 Å². The molecule has 0 unspecified atom stereocenters. The predicted octanol–water partition coefficient (Wildman–Crippen LogP) is 1.35. The van der Waals surface area contributed by atoms with Crippen LogP contribution in [-0.4, -0.2) is 43.1 Å². The number of hydrogen-bond acceptors (Lipinski definition) is 5. The molecule has 2 atom stereocenters. The highest BCUT2D eigenvalue weighted by Crippen LogP contribution is 2.14. The van der Waals surface area contributed by atoms with Gasteiger partial charge in [-0.3, -0.25) is 4.79 Å². The molecular formula is C15H18N2O4. The smallest absolute Gasteiger partial charge is 0.347 e. The van der Waals surface area contributed by atoms with Crippen LogP contribution in [0.4, 0.5) is 0 Å². The molecule has 0 bridgehead atoms. The third-order valence-electron chi connectivity index (χ3n) is 2.71. The van der Waals surface area contributed by atoms with E-state index in [2.05, 4.69) is 0 Å². The molecule has 1 aromatic carbocycles. The molecule has 0 N–H and O–H groups in total. The van der Waals surface area contributed by atoms with Crippen molar-refractivity contribution in [3.63, 3.8) is 0 Å². The standard InChI is InChI=1S/C15H18N2O4/c1-10(14(18)17(3)4)21-15(19)11(2)20-13-7-5-12(9-16)6-8-13/h5-8,10-11H,1-4H3/t10-,11-/m1/s1. The molecule has 1 aromatic rings. The highest BCUT2D eigenvalue weighted by molar-refractivity contribution is 5.84. The Hall–Kier alpha value is -2.55. The van der Waals surface area contributed by atoms with Crippen molar-refractivity contribution in [2.75, 3.05) is 14.1 Å². The summed E-state index contributed by atoms with van der Waals surface area (Å²) in [6, 6.07) is 8.36. The van der Waals surface area contributed by atoms with Crippen LogP contribution in [0.5, 0.6) is 5.75 Å². The van der Waals surface area contributed by atoms with Crippen LogP contribution >= 0.6 is 0 Å². The Morgan fingerprint density at radius 3 is 2.19 bits per heavy atom. The maximum Gasteiger partial charge on any atom is 0.347 e. The predicted molar refractivity (Wildman–Crippen MR) is 75.5 cm³/mol. The van der Waals surface area contributed by atoms with Crippen LogP contribution in [0.2, 0.25) is 0 Å². The molecule has 0 aliphatic heterocycles. The fourth-order valence-corrected chi connectivity index (χ4v) is 1.54. The minimum atomic E-state index is -0.862. The lowest BCUT2D eigenvalue weighted by Gasteiger charge is -2.20. The van der Waals surface area contributed by atoms with Gasteiger partial charge in [0, 0.05) is 14.1 Å². The summed E-state index contributed by atoms with van der Waals surface area (Å²) < 4.78 is 10.5. The lowest BCUT2D eigenvalue weighted by molar-refractivity contribution is -0.163. The molecule has 0 saturated heterocycles. The summed E-state index contributed by atoms with van der Waals surface area (Å²) >= 11 is 0. The number of nitriles is 1. The summed E-state index contributed by atoms with van der Waals surface area (Å²) in [5.74, 6) is -0.471. The molecule has 0 aliphatic rings. The molecule has 0 aromatic heterocycles. The number of nitrogens with zero attached hydrogens (tertiary/aromatic N) is 2. The second kappa shape index (κ2) is 7.29. The maximum atomic E-state index is 11.8. The van der Waals surface area contributed by atoms with Gasteiger partial charge in [0.25, 0.3) is 5.91 Å². The van der Waals surface area contributed by atoms with E-state index in [1.54, 1.807) is 38.4 Å². The van der Waals surface area contributed by atoms with Crippen LogP contribution < -0.4 is 4.74 Å². The normalized spacial score (nSPS) is 12.7. The van der Waals surface area contributed by atoms with Gasteiger partial charge >= 0.3 is 5.97 Å². The average molecular weight is 290 g/mol. The van der Waals surface area contributed by atoms with Gasteiger partial charge in [-0.15, -0.1) is 0 Å². The maximum absolute atomic E-state index is 11.8. The minimum Gasteiger partial charge on any atom is -0.479 e. The van der Waals surface area contributed by atoms with E-state index < -0.39 is 18.2 Å². The van der Waals surface area contributed by atoms with Crippen LogP contribution in [0.25, 0.3) is 0 Å². The number of carbonyl (C=O) groups is 2. The molecule has 0 heterocycles. The van der Waals surface area contributed by atoms with E-state index in [-0.39, 0.29) is 5.91 Å². The van der Waals surface area contributed by atoms with Crippen molar-refractivity contribution in [2.24, 2.45) is 0 Å². The lowest BCUT2D eigenvalue weighted by Crippen LogP contribution is -2.38. The van der Waals surface area contributed by atoms with E-state index in [1.807, 2.05) is 6.07 Å². The number of esters is 1. The van der Waals surface area contributed by atoms with Crippen LogP contribution in [0.1, 0.15) is 19.4 Å². The van der Waals surface area contributed by atoms with E-state index >= 15 is 0 Å². The van der Waals surface area contributed by atoms with Gasteiger partial charge in [-0.25, -0.2) is 4.79 Å². The molecular weight excluding hydrogens is 272 g/mol. The van der Waals surface area contributed by atoms with Crippen LogP contribution in [0.3, 0.4) is 0 Å². The molecule has 0 aliphatic carbocycles. The van der Waals surface area contributed by atoms with E-state index in [0.29, 0.717) is 11.3 Å². The first kappa shape index (κ1) is 16.5. The summed E-state index contributed by atoms with van der Waals surface area (Å²) in [6.07, 6.45) is -1.71. The second-order valence-electron chi connectivity index (χ2n) is 4.71. The number of hydrogen-bond donors (Lipinski definition) is 0. The number of benzene rings is 1. The lowest BCUT2D eigenvalue weighted by atomic mass is 10.2. The zero-order chi connectivity index (χ0) is 16.0. The molecule has 0 radical (unpaired) electrons. The van der Waals surface area contributed by atoms with E-state index in [9.17, 15) is 9.59 Å². The quantitative estimate of drug-likeness (QED) is 0.765. The highest BCUT2D eigenvalue weighted by Gasteiger charge is 2.24.